The number of aromatic nitrogens is 2. The summed E-state index contributed by atoms with van der Waals surface area (Å²) in [6.45, 7) is 9.96. The number of benzene rings is 1. The summed E-state index contributed by atoms with van der Waals surface area (Å²) in [5, 5.41) is 0.804. The Morgan fingerprint density at radius 1 is 1.33 bits per heavy atom. The second-order valence-corrected chi connectivity index (χ2v) is 8.72. The van der Waals surface area contributed by atoms with Crippen LogP contribution in [0.25, 0.3) is 10.2 Å². The third-order valence-corrected chi connectivity index (χ3v) is 6.90. The maximum Gasteiger partial charge on any atom is 0.262 e. The van der Waals surface area contributed by atoms with Crippen molar-refractivity contribution in [2.75, 3.05) is 20.2 Å². The molecule has 0 spiro atoms. The molecule has 0 aliphatic heterocycles. The van der Waals surface area contributed by atoms with Crippen LogP contribution in [0, 0.1) is 0 Å². The molecule has 30 heavy (non-hydrogen) atoms. The number of fused-ring (bicyclic) bond motifs is 3. The van der Waals surface area contributed by atoms with Gasteiger partial charge in [-0.1, -0.05) is 24.3 Å². The van der Waals surface area contributed by atoms with Crippen LogP contribution in [0.15, 0.2) is 60.7 Å². The zero-order chi connectivity index (χ0) is 21.1. The van der Waals surface area contributed by atoms with Crippen molar-refractivity contribution >= 4 is 21.6 Å². The van der Waals surface area contributed by atoms with Crippen molar-refractivity contribution < 1.29 is 4.74 Å². The van der Waals surface area contributed by atoms with Gasteiger partial charge in [-0.15, -0.1) is 24.5 Å². The molecule has 1 aromatic carbocycles. The van der Waals surface area contributed by atoms with E-state index in [4.69, 9.17) is 4.74 Å². The first-order valence-electron chi connectivity index (χ1n) is 10.2. The number of rotatable bonds is 8. The maximum absolute atomic E-state index is 13.3. The fourth-order valence-electron chi connectivity index (χ4n) is 4.28. The van der Waals surface area contributed by atoms with Crippen molar-refractivity contribution in [1.29, 1.82) is 0 Å². The maximum atomic E-state index is 13.3. The highest BCUT2D eigenvalue weighted by molar-refractivity contribution is 7.18. The Bertz CT molecular complexity index is 1120. The molecule has 0 bridgehead atoms. The average molecular weight is 422 g/mol. The largest absolute Gasteiger partial charge is 0.497 e. The first kappa shape index (κ1) is 20.6. The monoisotopic (exact) mass is 421 g/mol. The van der Waals surface area contributed by atoms with Crippen molar-refractivity contribution in [2.24, 2.45) is 0 Å². The van der Waals surface area contributed by atoms with Gasteiger partial charge in [0.2, 0.25) is 0 Å². The van der Waals surface area contributed by atoms with E-state index in [2.05, 4.69) is 23.0 Å². The number of hydrogen-bond donors (Lipinski definition) is 0. The highest BCUT2D eigenvalue weighted by Gasteiger charge is 2.28. The molecule has 0 N–H and O–H groups in total. The van der Waals surface area contributed by atoms with Crippen molar-refractivity contribution in [2.45, 2.75) is 31.8 Å². The number of ether oxygens (including phenoxy) is 1. The predicted octanol–water partition coefficient (Wildman–Crippen LogP) is 4.05. The Hall–Kier alpha value is -2.70. The van der Waals surface area contributed by atoms with Gasteiger partial charge >= 0.3 is 0 Å². The van der Waals surface area contributed by atoms with Gasteiger partial charge in [0, 0.05) is 24.0 Å². The van der Waals surface area contributed by atoms with Crippen LogP contribution in [0.5, 0.6) is 5.75 Å². The summed E-state index contributed by atoms with van der Waals surface area (Å²) < 4.78 is 7.01. The van der Waals surface area contributed by atoms with Gasteiger partial charge in [0.25, 0.3) is 5.56 Å². The summed E-state index contributed by atoms with van der Waals surface area (Å²) in [4.78, 5) is 22.5. The zero-order valence-corrected chi connectivity index (χ0v) is 18.2. The summed E-state index contributed by atoms with van der Waals surface area (Å²) in [6, 6.07) is 8.25. The number of nitrogens with zero attached hydrogens (tertiary/aromatic N) is 3. The molecule has 3 aromatic rings. The fourth-order valence-corrected chi connectivity index (χ4v) is 5.53. The molecular formula is C24H27N3O2S. The van der Waals surface area contributed by atoms with Crippen LogP contribution in [0.4, 0.5) is 0 Å². The Morgan fingerprint density at radius 3 is 2.87 bits per heavy atom. The van der Waals surface area contributed by atoms with Crippen LogP contribution >= 0.6 is 11.3 Å². The summed E-state index contributed by atoms with van der Waals surface area (Å²) in [5.74, 6) is 0.789. The van der Waals surface area contributed by atoms with Crippen LogP contribution in [0.3, 0.4) is 0 Å². The summed E-state index contributed by atoms with van der Waals surface area (Å²) >= 11 is 1.67. The quantitative estimate of drug-likeness (QED) is 0.515. The van der Waals surface area contributed by atoms with E-state index in [9.17, 15) is 4.79 Å². The molecule has 0 fully saturated rings. The molecule has 1 unspecified atom stereocenters. The molecule has 0 saturated carbocycles. The third kappa shape index (κ3) is 3.98. The lowest BCUT2D eigenvalue weighted by atomic mass is 9.92. The minimum absolute atomic E-state index is 0.0489. The summed E-state index contributed by atoms with van der Waals surface area (Å²) in [6.07, 6.45) is 8.46. The molecule has 0 amide bonds. The van der Waals surface area contributed by atoms with E-state index in [0.717, 1.165) is 53.9 Å². The topological polar surface area (TPSA) is 47.4 Å². The standard InChI is InChI=1S/C24H27N3O2S/c1-4-11-26(12-5-2)18-9-10-20-21(14-18)30-23-22(20)24(28)27(16-25-23)15-17-7-6-8-19(13-17)29-3/h4-8,13,16,18H,1-2,9-12,14-15H2,3H3. The Labute approximate surface area is 180 Å². The van der Waals surface area contributed by atoms with Gasteiger partial charge < -0.3 is 4.74 Å². The van der Waals surface area contributed by atoms with Gasteiger partial charge in [-0.3, -0.25) is 14.3 Å². The van der Waals surface area contributed by atoms with Crippen LogP contribution in [0.1, 0.15) is 22.4 Å². The van der Waals surface area contributed by atoms with E-state index >= 15 is 0 Å². The van der Waals surface area contributed by atoms with E-state index < -0.39 is 0 Å². The van der Waals surface area contributed by atoms with Gasteiger partial charge in [-0.05, 0) is 42.5 Å². The second kappa shape index (κ2) is 8.98. The van der Waals surface area contributed by atoms with E-state index in [0.29, 0.717) is 12.6 Å². The normalized spacial score (nSPS) is 15.9. The molecule has 5 nitrogen and oxygen atoms in total. The minimum atomic E-state index is 0.0489. The lowest BCUT2D eigenvalue weighted by Crippen LogP contribution is -2.39. The van der Waals surface area contributed by atoms with Gasteiger partial charge in [-0.2, -0.15) is 0 Å². The number of methoxy groups -OCH3 is 1. The van der Waals surface area contributed by atoms with Crippen LogP contribution in [-0.4, -0.2) is 40.7 Å². The first-order valence-corrected chi connectivity index (χ1v) is 11.0. The number of thiophene rings is 1. The molecule has 6 heteroatoms. The molecule has 2 aromatic heterocycles. The Balaban J connectivity index is 1.65. The molecular weight excluding hydrogens is 394 g/mol. The SMILES string of the molecule is C=CCN(CC=C)C1CCc2c(sc3ncn(Cc4cccc(OC)c4)c(=O)c23)C1. The number of hydrogen-bond acceptors (Lipinski definition) is 5. The van der Waals surface area contributed by atoms with Crippen LogP contribution in [-0.2, 0) is 19.4 Å². The highest BCUT2D eigenvalue weighted by atomic mass is 32.1. The molecule has 2 heterocycles. The van der Waals surface area contributed by atoms with Crippen molar-refractivity contribution in [3.63, 3.8) is 0 Å². The fraction of sp³-hybridized carbons (Fsp3) is 0.333. The zero-order valence-electron chi connectivity index (χ0n) is 17.3. The van der Waals surface area contributed by atoms with Gasteiger partial charge in [0.05, 0.1) is 25.4 Å². The van der Waals surface area contributed by atoms with Crippen LogP contribution < -0.4 is 10.3 Å². The van der Waals surface area contributed by atoms with E-state index in [1.54, 1.807) is 29.3 Å². The van der Waals surface area contributed by atoms with Crippen molar-refractivity contribution in [3.05, 3.63) is 82.3 Å². The average Bonchev–Trinajstić information content (AvgIpc) is 3.14. The van der Waals surface area contributed by atoms with Gasteiger partial charge in [0.15, 0.2) is 0 Å². The lowest BCUT2D eigenvalue weighted by Gasteiger charge is -2.32. The molecule has 1 aliphatic carbocycles. The smallest absolute Gasteiger partial charge is 0.262 e. The van der Waals surface area contributed by atoms with Crippen molar-refractivity contribution in [3.8, 4) is 5.75 Å². The third-order valence-electron chi connectivity index (χ3n) is 5.74. The predicted molar refractivity (Wildman–Crippen MR) is 124 cm³/mol. The molecule has 156 valence electrons. The van der Waals surface area contributed by atoms with Gasteiger partial charge in [0.1, 0.15) is 10.6 Å². The highest BCUT2D eigenvalue weighted by Crippen LogP contribution is 2.35. The second-order valence-electron chi connectivity index (χ2n) is 7.64. The van der Waals surface area contributed by atoms with E-state index in [1.165, 1.54) is 10.4 Å². The summed E-state index contributed by atoms with van der Waals surface area (Å²) in [7, 11) is 1.65. The molecule has 1 atom stereocenters. The molecule has 4 rings (SSSR count). The van der Waals surface area contributed by atoms with E-state index in [-0.39, 0.29) is 5.56 Å². The molecule has 0 radical (unpaired) electrons. The first-order chi connectivity index (χ1) is 14.6. The molecule has 1 aliphatic rings. The van der Waals surface area contributed by atoms with Crippen LogP contribution in [0.2, 0.25) is 0 Å². The lowest BCUT2D eigenvalue weighted by molar-refractivity contribution is 0.221. The van der Waals surface area contributed by atoms with Crippen molar-refractivity contribution in [1.82, 2.24) is 14.5 Å². The Kier molecular flexibility index (Phi) is 6.16. The van der Waals surface area contributed by atoms with Gasteiger partial charge in [-0.25, -0.2) is 4.98 Å². The van der Waals surface area contributed by atoms with E-state index in [1.807, 2.05) is 36.4 Å². The molecule has 0 saturated heterocycles. The number of aryl methyl sites for hydroxylation is 1. The summed E-state index contributed by atoms with van der Waals surface area (Å²) in [5.41, 5.74) is 2.26. The minimum Gasteiger partial charge on any atom is -0.497 e. The Morgan fingerprint density at radius 2 is 2.13 bits per heavy atom.